The number of carbonyl (C=O) groups is 2. The number of carbonyl (C=O) groups excluding carboxylic acids is 2. The van der Waals surface area contributed by atoms with Crippen molar-refractivity contribution < 1.29 is 19.1 Å². The molecule has 0 unspecified atom stereocenters. The van der Waals surface area contributed by atoms with Crippen LogP contribution in [0.3, 0.4) is 0 Å². The monoisotopic (exact) mass is 468 g/mol. The fraction of sp³-hybridized carbons (Fsp3) is 0.250. The van der Waals surface area contributed by atoms with Gasteiger partial charge in [-0.3, -0.25) is 9.59 Å². The molecule has 3 aromatic rings. The van der Waals surface area contributed by atoms with Crippen LogP contribution in [-0.4, -0.2) is 41.5 Å². The Hall–Kier alpha value is -3.10. The van der Waals surface area contributed by atoms with Gasteiger partial charge >= 0.3 is 0 Å². The van der Waals surface area contributed by atoms with Crippen molar-refractivity contribution in [2.75, 3.05) is 19.9 Å². The third-order valence-corrected chi connectivity index (χ3v) is 6.76. The lowest BCUT2D eigenvalue weighted by Crippen LogP contribution is -2.43. The highest BCUT2D eigenvalue weighted by Gasteiger charge is 2.23. The van der Waals surface area contributed by atoms with E-state index in [0.717, 1.165) is 15.3 Å². The molecule has 0 bridgehead atoms. The van der Waals surface area contributed by atoms with Gasteiger partial charge in [0.15, 0.2) is 11.5 Å². The number of thiophene rings is 2. The highest BCUT2D eigenvalue weighted by molar-refractivity contribution is 7.10. The maximum absolute atomic E-state index is 13.3. The summed E-state index contributed by atoms with van der Waals surface area (Å²) in [5.41, 5.74) is 0.944. The van der Waals surface area contributed by atoms with Crippen LogP contribution in [0, 0.1) is 0 Å². The third kappa shape index (κ3) is 5.57. The third-order valence-electron chi connectivity index (χ3n) is 5.02. The number of amides is 2. The van der Waals surface area contributed by atoms with Crippen molar-refractivity contribution in [3.8, 4) is 11.5 Å². The van der Waals surface area contributed by atoms with Crippen molar-refractivity contribution >= 4 is 34.5 Å². The summed E-state index contributed by atoms with van der Waals surface area (Å²) < 4.78 is 10.9. The molecule has 0 saturated carbocycles. The molecule has 2 aromatic heterocycles. The van der Waals surface area contributed by atoms with Crippen molar-refractivity contribution in [3.05, 3.63) is 81.2 Å². The number of ether oxygens (including phenoxy) is 2. The lowest BCUT2D eigenvalue weighted by molar-refractivity contribution is -0.140. The van der Waals surface area contributed by atoms with Gasteiger partial charge in [-0.1, -0.05) is 24.3 Å². The molecular weight excluding hydrogens is 444 g/mol. The summed E-state index contributed by atoms with van der Waals surface area (Å²) in [5, 5.41) is 3.94. The zero-order chi connectivity index (χ0) is 22.3. The Morgan fingerprint density at radius 2 is 1.69 bits per heavy atom. The number of fused-ring (bicyclic) bond motifs is 1. The maximum atomic E-state index is 13.3. The molecule has 3 heterocycles. The van der Waals surface area contributed by atoms with Crippen LogP contribution >= 0.6 is 22.7 Å². The first kappa shape index (κ1) is 22.1. The SMILES string of the molecule is C=CCN(CC(=O)N(Cc1ccc2c(c1)OCO2)Cc1cccs1)C(=O)Cc1cccs1. The highest BCUT2D eigenvalue weighted by atomic mass is 32.1. The van der Waals surface area contributed by atoms with E-state index < -0.39 is 0 Å². The number of nitrogens with zero attached hydrogens (tertiary/aromatic N) is 2. The summed E-state index contributed by atoms with van der Waals surface area (Å²) in [7, 11) is 0. The van der Waals surface area contributed by atoms with E-state index in [1.165, 1.54) is 11.3 Å². The van der Waals surface area contributed by atoms with E-state index in [1.54, 1.807) is 27.2 Å². The van der Waals surface area contributed by atoms with Gasteiger partial charge in [-0.2, -0.15) is 0 Å². The van der Waals surface area contributed by atoms with E-state index in [4.69, 9.17) is 9.47 Å². The Morgan fingerprint density at radius 1 is 0.938 bits per heavy atom. The minimum Gasteiger partial charge on any atom is -0.454 e. The lowest BCUT2D eigenvalue weighted by Gasteiger charge is -2.27. The molecule has 0 saturated heterocycles. The number of hydrogen-bond donors (Lipinski definition) is 0. The molecule has 0 aliphatic carbocycles. The summed E-state index contributed by atoms with van der Waals surface area (Å²) >= 11 is 3.14. The molecule has 0 spiro atoms. The second-order valence-electron chi connectivity index (χ2n) is 7.34. The average molecular weight is 469 g/mol. The molecule has 6 nitrogen and oxygen atoms in total. The van der Waals surface area contributed by atoms with Gasteiger partial charge in [0.2, 0.25) is 18.6 Å². The zero-order valence-electron chi connectivity index (χ0n) is 17.6. The normalized spacial score (nSPS) is 11.9. The molecule has 1 aliphatic rings. The number of benzene rings is 1. The fourth-order valence-electron chi connectivity index (χ4n) is 3.43. The summed E-state index contributed by atoms with van der Waals surface area (Å²) in [6.45, 7) is 5.18. The molecule has 0 N–H and O–H groups in total. The van der Waals surface area contributed by atoms with Crippen LogP contribution in [0.4, 0.5) is 0 Å². The Morgan fingerprint density at radius 3 is 2.41 bits per heavy atom. The lowest BCUT2D eigenvalue weighted by atomic mass is 10.2. The van der Waals surface area contributed by atoms with E-state index in [2.05, 4.69) is 6.58 Å². The van der Waals surface area contributed by atoms with Crippen LogP contribution < -0.4 is 9.47 Å². The van der Waals surface area contributed by atoms with Gasteiger partial charge < -0.3 is 19.3 Å². The molecule has 32 heavy (non-hydrogen) atoms. The van der Waals surface area contributed by atoms with Crippen LogP contribution in [0.25, 0.3) is 0 Å². The van der Waals surface area contributed by atoms with Crippen molar-refractivity contribution in [2.24, 2.45) is 0 Å². The summed E-state index contributed by atoms with van der Waals surface area (Å²) in [4.78, 5) is 31.6. The Labute approximate surface area is 195 Å². The first-order valence-corrected chi connectivity index (χ1v) is 12.0. The second kappa shape index (κ2) is 10.5. The minimum absolute atomic E-state index is 0.00611. The Balaban J connectivity index is 1.49. The minimum atomic E-state index is -0.113. The molecule has 8 heteroatoms. The first-order valence-electron chi connectivity index (χ1n) is 10.2. The molecule has 0 radical (unpaired) electrons. The molecule has 2 amide bonds. The first-order chi connectivity index (χ1) is 15.6. The number of rotatable bonds is 10. The zero-order valence-corrected chi connectivity index (χ0v) is 19.2. The summed E-state index contributed by atoms with van der Waals surface area (Å²) in [6, 6.07) is 13.5. The molecule has 0 atom stereocenters. The van der Waals surface area contributed by atoms with Gasteiger partial charge in [-0.25, -0.2) is 0 Å². The van der Waals surface area contributed by atoms with Crippen LogP contribution in [-0.2, 0) is 29.1 Å². The summed E-state index contributed by atoms with van der Waals surface area (Å²) in [6.07, 6.45) is 1.94. The predicted molar refractivity (Wildman–Crippen MR) is 126 cm³/mol. The quantitative estimate of drug-likeness (QED) is 0.416. The second-order valence-corrected chi connectivity index (χ2v) is 9.40. The molecule has 0 fully saturated rings. The Bertz CT molecular complexity index is 1060. The van der Waals surface area contributed by atoms with E-state index in [1.807, 2.05) is 53.2 Å². The maximum Gasteiger partial charge on any atom is 0.242 e. The van der Waals surface area contributed by atoms with Crippen molar-refractivity contribution in [1.29, 1.82) is 0 Å². The van der Waals surface area contributed by atoms with E-state index in [9.17, 15) is 9.59 Å². The van der Waals surface area contributed by atoms with Crippen molar-refractivity contribution in [3.63, 3.8) is 0 Å². The Kier molecular flexibility index (Phi) is 7.24. The van der Waals surface area contributed by atoms with Crippen LogP contribution in [0.2, 0.25) is 0 Å². The predicted octanol–water partition coefficient (Wildman–Crippen LogP) is 4.32. The molecule has 166 valence electrons. The van der Waals surface area contributed by atoms with Crippen LogP contribution in [0.5, 0.6) is 11.5 Å². The fourth-order valence-corrected chi connectivity index (χ4v) is 4.85. The van der Waals surface area contributed by atoms with Gasteiger partial charge in [-0.05, 0) is 40.6 Å². The van der Waals surface area contributed by atoms with Gasteiger partial charge in [0.1, 0.15) is 6.54 Å². The highest BCUT2D eigenvalue weighted by Crippen LogP contribution is 2.33. The number of hydrogen-bond acceptors (Lipinski definition) is 6. The van der Waals surface area contributed by atoms with Crippen molar-refractivity contribution in [1.82, 2.24) is 9.80 Å². The van der Waals surface area contributed by atoms with E-state index >= 15 is 0 Å². The largest absolute Gasteiger partial charge is 0.454 e. The van der Waals surface area contributed by atoms with Crippen LogP contribution in [0.15, 0.2) is 65.9 Å². The molecule has 4 rings (SSSR count). The molecular formula is C24H24N2O4S2. The standard InChI is InChI=1S/C24H24N2O4S2/c1-2-9-25(23(27)13-19-5-3-10-31-19)16-24(28)26(15-20-6-4-11-32-20)14-18-7-8-21-22(12-18)30-17-29-21/h2-8,10-12H,1,9,13-17H2. The molecule has 1 aliphatic heterocycles. The van der Waals surface area contributed by atoms with Gasteiger partial charge in [0, 0.05) is 22.8 Å². The molecule has 1 aromatic carbocycles. The van der Waals surface area contributed by atoms with Crippen LogP contribution in [0.1, 0.15) is 15.3 Å². The summed E-state index contributed by atoms with van der Waals surface area (Å²) in [5.74, 6) is 1.20. The van der Waals surface area contributed by atoms with E-state index in [0.29, 0.717) is 31.1 Å². The average Bonchev–Trinajstić information content (AvgIpc) is 3.55. The van der Waals surface area contributed by atoms with Gasteiger partial charge in [0.25, 0.3) is 0 Å². The van der Waals surface area contributed by atoms with Gasteiger partial charge in [-0.15, -0.1) is 29.3 Å². The van der Waals surface area contributed by atoms with E-state index in [-0.39, 0.29) is 31.6 Å². The van der Waals surface area contributed by atoms with Gasteiger partial charge in [0.05, 0.1) is 13.0 Å². The topological polar surface area (TPSA) is 59.1 Å². The van der Waals surface area contributed by atoms with Crippen molar-refractivity contribution in [2.45, 2.75) is 19.5 Å². The smallest absolute Gasteiger partial charge is 0.242 e.